The zero-order valence-corrected chi connectivity index (χ0v) is 36.0. The van der Waals surface area contributed by atoms with E-state index < -0.39 is 20.2 Å². The van der Waals surface area contributed by atoms with Crippen LogP contribution in [0.25, 0.3) is 21.5 Å². The first-order chi connectivity index (χ1) is 26.4. The maximum absolute atomic E-state index is 11.2. The van der Waals surface area contributed by atoms with Gasteiger partial charge in [0.2, 0.25) is 0 Å². The Kier molecular flexibility index (Phi) is 14.4. The van der Waals surface area contributed by atoms with Gasteiger partial charge < -0.3 is 19.3 Å². The van der Waals surface area contributed by atoms with Crippen LogP contribution in [-0.2, 0) is 33.1 Å². The smallest absolute Gasteiger partial charge is 0.744 e. The molecule has 0 saturated heterocycles. The van der Waals surface area contributed by atoms with Crippen LogP contribution in [0.2, 0.25) is 0 Å². The summed E-state index contributed by atoms with van der Waals surface area (Å²) in [5.41, 5.74) is 2.28. The fraction of sp³-hybridized carbons (Fsp3) is 0.111. The van der Waals surface area contributed by atoms with Crippen molar-refractivity contribution in [3.05, 3.63) is 118 Å². The number of nitrogens with zero attached hydrogens (tertiary/aromatic N) is 6. The molecular weight excluding hydrogens is 910 g/mol. The Labute approximate surface area is 364 Å². The maximum Gasteiger partial charge on any atom is 2.00 e. The SMILES string of the molecule is CCc1cc(N=Nc2c(O)ccc3cc(S(=O)(=O)[O-])ccc23)ccc1[N+](=O)O.CCc1cc(N=Nc2c(O)ccc3cc(S(=O)(=O)[O-])ccc23)ccc1[N+](=O)O.[Ba+2]. The molecule has 4 N–H and O–H groups in total. The van der Waals surface area contributed by atoms with E-state index in [0.717, 1.165) is 12.1 Å². The minimum absolute atomic E-state index is 0. The van der Waals surface area contributed by atoms with Crippen LogP contribution in [0.3, 0.4) is 0 Å². The van der Waals surface area contributed by atoms with Crippen molar-refractivity contribution in [1.82, 2.24) is 0 Å². The number of phenols is 2. The number of azo groups is 2. The molecule has 18 nitrogen and oxygen atoms in total. The van der Waals surface area contributed by atoms with Crippen LogP contribution in [0.15, 0.2) is 127 Å². The molecule has 0 atom stereocenters. The van der Waals surface area contributed by atoms with Gasteiger partial charge >= 0.3 is 60.3 Å². The Balaban J connectivity index is 0.000000248. The quantitative estimate of drug-likeness (QED) is 0.0439. The van der Waals surface area contributed by atoms with Crippen molar-refractivity contribution in [2.45, 2.75) is 36.5 Å². The molecule has 21 heteroatoms. The average Bonchev–Trinajstić information content (AvgIpc) is 3.15. The predicted molar refractivity (Wildman–Crippen MR) is 203 cm³/mol. The number of aryl methyl sites for hydroxylation is 2. The fourth-order valence-electron chi connectivity index (χ4n) is 5.50. The van der Waals surface area contributed by atoms with E-state index in [1.807, 2.05) is 0 Å². The first kappa shape index (κ1) is 44.5. The van der Waals surface area contributed by atoms with Gasteiger partial charge in [0.1, 0.15) is 43.1 Å². The van der Waals surface area contributed by atoms with Crippen molar-refractivity contribution in [2.24, 2.45) is 20.5 Å². The zero-order valence-electron chi connectivity index (χ0n) is 29.9. The van der Waals surface area contributed by atoms with Gasteiger partial charge in [-0.1, -0.05) is 38.1 Å². The molecule has 0 bridgehead atoms. The Bertz CT molecular complexity index is 2640. The van der Waals surface area contributed by atoms with Crippen LogP contribution in [-0.4, -0.2) is 105 Å². The van der Waals surface area contributed by atoms with E-state index in [1.165, 1.54) is 72.8 Å². The van der Waals surface area contributed by atoms with Crippen LogP contribution in [0.1, 0.15) is 25.0 Å². The zero-order chi connectivity index (χ0) is 40.9. The summed E-state index contributed by atoms with van der Waals surface area (Å²) in [5.74, 6) is -0.357. The number of hydrogen-bond donors (Lipinski definition) is 4. The van der Waals surface area contributed by atoms with E-state index in [1.54, 1.807) is 26.0 Å². The second-order valence-corrected chi connectivity index (χ2v) is 14.6. The number of aromatic hydroxyl groups is 2. The summed E-state index contributed by atoms with van der Waals surface area (Å²) >= 11 is 0. The van der Waals surface area contributed by atoms with Crippen LogP contribution >= 0.6 is 0 Å². The fourth-order valence-corrected chi connectivity index (χ4v) is 6.52. The van der Waals surface area contributed by atoms with E-state index in [-0.39, 0.29) is 103 Å². The van der Waals surface area contributed by atoms with Gasteiger partial charge in [-0.15, -0.1) is 10.2 Å². The van der Waals surface area contributed by atoms with Gasteiger partial charge in [0.05, 0.1) is 31.0 Å². The summed E-state index contributed by atoms with van der Waals surface area (Å²) < 4.78 is 67.1. The molecule has 0 aliphatic heterocycles. The normalized spacial score (nSPS) is 11.7. The van der Waals surface area contributed by atoms with E-state index >= 15 is 0 Å². The predicted octanol–water partition coefficient (Wildman–Crippen LogP) is 8.07. The Morgan fingerprint density at radius 3 is 1.23 bits per heavy atom. The number of rotatable bonds is 10. The van der Waals surface area contributed by atoms with Crippen molar-refractivity contribution >= 4 is 125 Å². The standard InChI is InChI=1S/2C18H15N3O6S.Ba/c2*1-2-11-9-13(4-7-16(11)21(23)24)19-20-18-15-6-5-14(28(25,26)27)10-12(15)3-8-17(18)22;/h2*3-10H,2H2,1H3,(H2-,19,22,23,24,25,26,27);/q;;+2. The third-order valence-electron chi connectivity index (χ3n) is 8.29. The molecule has 0 aliphatic rings. The molecule has 288 valence electrons. The molecule has 0 spiro atoms. The molecular formula is C36H30BaN6O12S2+2. The van der Waals surface area contributed by atoms with Gasteiger partial charge in [0.25, 0.3) is 9.85 Å². The van der Waals surface area contributed by atoms with E-state index in [0.29, 0.717) is 56.9 Å². The molecule has 0 unspecified atom stereocenters. The molecule has 6 aromatic carbocycles. The minimum Gasteiger partial charge on any atom is -0.744 e. The van der Waals surface area contributed by atoms with Crippen molar-refractivity contribution in [1.29, 1.82) is 0 Å². The number of phenolic OH excluding ortho intramolecular Hbond substituents is 2. The summed E-state index contributed by atoms with van der Waals surface area (Å²) in [7, 11) is -9.22. The Morgan fingerprint density at radius 1 is 0.544 bits per heavy atom. The van der Waals surface area contributed by atoms with Gasteiger partial charge in [-0.3, -0.25) is 0 Å². The third-order valence-corrected chi connectivity index (χ3v) is 9.95. The molecule has 0 saturated carbocycles. The van der Waals surface area contributed by atoms with Crippen LogP contribution in [0.5, 0.6) is 11.5 Å². The molecule has 57 heavy (non-hydrogen) atoms. The van der Waals surface area contributed by atoms with Crippen molar-refractivity contribution < 1.29 is 56.4 Å². The molecule has 0 aliphatic carbocycles. The maximum atomic E-state index is 11.2. The Hall–Kier alpha value is -5.17. The van der Waals surface area contributed by atoms with E-state index in [2.05, 4.69) is 20.5 Å². The van der Waals surface area contributed by atoms with E-state index in [4.69, 9.17) is 10.4 Å². The van der Waals surface area contributed by atoms with Crippen LogP contribution in [0.4, 0.5) is 34.1 Å². The first-order valence-corrected chi connectivity index (χ1v) is 19.1. The Morgan fingerprint density at radius 2 is 0.912 bits per heavy atom. The second-order valence-electron chi connectivity index (χ2n) is 11.8. The topological polar surface area (TPSA) is 285 Å². The molecule has 0 heterocycles. The molecule has 0 radical (unpaired) electrons. The summed E-state index contributed by atoms with van der Waals surface area (Å²) in [6.07, 6.45) is 0.952. The van der Waals surface area contributed by atoms with Gasteiger partial charge in [-0.05, 0) is 84.3 Å². The number of hydrogen-bond acceptors (Lipinski definition) is 14. The monoisotopic (exact) mass is 940 g/mol. The summed E-state index contributed by atoms with van der Waals surface area (Å²) in [6, 6.07) is 21.9. The van der Waals surface area contributed by atoms with Crippen molar-refractivity contribution in [3.63, 3.8) is 0 Å². The minimum atomic E-state index is -4.61. The number of benzene rings is 6. The second kappa shape index (κ2) is 18.4. The average molecular weight is 940 g/mol. The van der Waals surface area contributed by atoms with Gasteiger partial charge in [0.15, 0.2) is 0 Å². The molecule has 0 amide bonds. The number of fused-ring (bicyclic) bond motifs is 2. The summed E-state index contributed by atoms with van der Waals surface area (Å²) in [4.78, 5) is 21.0. The third kappa shape index (κ3) is 10.6. The molecule has 0 aromatic heterocycles. The van der Waals surface area contributed by atoms with Crippen LogP contribution in [0, 0.1) is 9.81 Å². The van der Waals surface area contributed by atoms with Gasteiger partial charge in [-0.25, -0.2) is 27.3 Å². The van der Waals surface area contributed by atoms with Gasteiger partial charge in [0, 0.05) is 34.0 Å². The summed E-state index contributed by atoms with van der Waals surface area (Å²) in [6.45, 7) is 3.61. The van der Waals surface area contributed by atoms with Crippen molar-refractivity contribution in [3.8, 4) is 11.5 Å². The largest absolute Gasteiger partial charge is 2.00 e. The van der Waals surface area contributed by atoms with Crippen LogP contribution < -0.4 is 0 Å². The van der Waals surface area contributed by atoms with Crippen molar-refractivity contribution in [2.75, 3.05) is 0 Å². The van der Waals surface area contributed by atoms with E-state index in [9.17, 15) is 46.0 Å². The molecule has 6 aromatic rings. The first-order valence-electron chi connectivity index (χ1n) is 16.3. The molecule has 6 rings (SSSR count). The summed E-state index contributed by atoms with van der Waals surface area (Å²) in [5, 5.41) is 56.2. The van der Waals surface area contributed by atoms with Gasteiger partial charge in [-0.2, -0.15) is 10.2 Å². The molecule has 0 fully saturated rings.